The number of para-hydroxylation sites is 1. The summed E-state index contributed by atoms with van der Waals surface area (Å²) in [6, 6.07) is 13.8. The Morgan fingerprint density at radius 3 is 2.57 bits per heavy atom. The lowest BCUT2D eigenvalue weighted by Crippen LogP contribution is -2.13. The van der Waals surface area contributed by atoms with E-state index < -0.39 is 10.0 Å². The lowest BCUT2D eigenvalue weighted by Gasteiger charge is -2.11. The van der Waals surface area contributed by atoms with Crippen molar-refractivity contribution in [1.82, 2.24) is 3.97 Å². The van der Waals surface area contributed by atoms with Crippen LogP contribution in [0, 0.1) is 6.92 Å². The number of carbonyl (C=O) groups excluding carboxylic acids is 1. The fourth-order valence-corrected chi connectivity index (χ4v) is 3.85. The minimum atomic E-state index is -3.73. The summed E-state index contributed by atoms with van der Waals surface area (Å²) in [5.41, 5.74) is 1.92. The van der Waals surface area contributed by atoms with Crippen LogP contribution in [0.5, 0.6) is 0 Å². The van der Waals surface area contributed by atoms with Gasteiger partial charge >= 0.3 is 0 Å². The van der Waals surface area contributed by atoms with Crippen LogP contribution in [0.1, 0.15) is 12.5 Å². The number of nitrogens with one attached hydrogen (secondary N) is 1. The molecule has 1 aromatic heterocycles. The molecule has 0 fully saturated rings. The molecule has 1 amide bonds. The van der Waals surface area contributed by atoms with Gasteiger partial charge in [0.25, 0.3) is 10.0 Å². The first-order valence-electron chi connectivity index (χ1n) is 7.09. The average molecular weight is 328 g/mol. The average Bonchev–Trinajstić information content (AvgIpc) is 2.93. The molecule has 0 aliphatic heterocycles. The van der Waals surface area contributed by atoms with E-state index >= 15 is 0 Å². The van der Waals surface area contributed by atoms with Crippen LogP contribution < -0.4 is 5.32 Å². The smallest absolute Gasteiger partial charge is 0.268 e. The molecule has 2 aromatic carbocycles. The van der Waals surface area contributed by atoms with Gasteiger partial charge in [-0.25, -0.2) is 12.4 Å². The Hall–Kier alpha value is -2.60. The third-order valence-electron chi connectivity index (χ3n) is 3.64. The van der Waals surface area contributed by atoms with Crippen molar-refractivity contribution in [3.05, 3.63) is 60.3 Å². The van der Waals surface area contributed by atoms with Gasteiger partial charge in [0.1, 0.15) is 0 Å². The lowest BCUT2D eigenvalue weighted by molar-refractivity contribution is -0.114. The third kappa shape index (κ3) is 2.73. The predicted octanol–water partition coefficient (Wildman–Crippen LogP) is 3.15. The maximum Gasteiger partial charge on any atom is 0.268 e. The van der Waals surface area contributed by atoms with Gasteiger partial charge in [-0.05, 0) is 36.8 Å². The number of aryl methyl sites for hydroxylation is 1. The van der Waals surface area contributed by atoms with E-state index in [0.717, 1.165) is 10.9 Å². The van der Waals surface area contributed by atoms with Crippen molar-refractivity contribution >= 4 is 32.5 Å². The molecule has 0 bridgehead atoms. The Labute approximate surface area is 134 Å². The molecule has 0 radical (unpaired) electrons. The summed E-state index contributed by atoms with van der Waals surface area (Å²) in [4.78, 5) is 11.4. The largest absolute Gasteiger partial charge is 0.326 e. The van der Waals surface area contributed by atoms with E-state index in [1.807, 2.05) is 19.1 Å². The van der Waals surface area contributed by atoms with E-state index in [-0.39, 0.29) is 10.8 Å². The summed E-state index contributed by atoms with van der Waals surface area (Å²) in [7, 11) is -3.73. The van der Waals surface area contributed by atoms with Gasteiger partial charge in [-0.1, -0.05) is 24.3 Å². The summed E-state index contributed by atoms with van der Waals surface area (Å²) in [6.45, 7) is 3.20. The molecule has 118 valence electrons. The van der Waals surface area contributed by atoms with E-state index in [9.17, 15) is 13.2 Å². The number of hydrogen-bond acceptors (Lipinski definition) is 3. The molecular weight excluding hydrogens is 312 g/mol. The van der Waals surface area contributed by atoms with Crippen molar-refractivity contribution in [2.45, 2.75) is 18.7 Å². The molecule has 0 spiro atoms. The van der Waals surface area contributed by atoms with Crippen LogP contribution in [-0.2, 0) is 14.8 Å². The van der Waals surface area contributed by atoms with Crippen molar-refractivity contribution in [3.8, 4) is 0 Å². The second kappa shape index (κ2) is 5.55. The van der Waals surface area contributed by atoms with Crippen LogP contribution in [-0.4, -0.2) is 18.3 Å². The Balaban J connectivity index is 2.15. The Kier molecular flexibility index (Phi) is 3.69. The first kappa shape index (κ1) is 15.3. The maximum absolute atomic E-state index is 12.9. The topological polar surface area (TPSA) is 68.2 Å². The number of benzene rings is 2. The number of rotatable bonds is 3. The zero-order valence-corrected chi connectivity index (χ0v) is 13.6. The maximum atomic E-state index is 12.9. The molecular formula is C17H16N2O3S. The molecule has 1 heterocycles. The second-order valence-electron chi connectivity index (χ2n) is 5.33. The van der Waals surface area contributed by atoms with Gasteiger partial charge in [-0.15, -0.1) is 0 Å². The van der Waals surface area contributed by atoms with Crippen LogP contribution in [0.4, 0.5) is 5.69 Å². The van der Waals surface area contributed by atoms with Crippen molar-refractivity contribution in [2.75, 3.05) is 5.32 Å². The summed E-state index contributed by atoms with van der Waals surface area (Å²) >= 11 is 0. The Morgan fingerprint density at radius 1 is 1.09 bits per heavy atom. The Bertz CT molecular complexity index is 1000. The zero-order chi connectivity index (χ0) is 16.6. The minimum absolute atomic E-state index is 0.133. The van der Waals surface area contributed by atoms with Crippen LogP contribution in [0.15, 0.2) is 59.6 Å². The molecule has 23 heavy (non-hydrogen) atoms. The van der Waals surface area contributed by atoms with E-state index in [2.05, 4.69) is 5.32 Å². The molecule has 5 nitrogen and oxygen atoms in total. The highest BCUT2D eigenvalue weighted by Gasteiger charge is 2.19. The van der Waals surface area contributed by atoms with Crippen molar-refractivity contribution < 1.29 is 13.2 Å². The predicted molar refractivity (Wildman–Crippen MR) is 90.0 cm³/mol. The van der Waals surface area contributed by atoms with Gasteiger partial charge in [-0.3, -0.25) is 4.79 Å². The molecule has 1 N–H and O–H groups in total. The van der Waals surface area contributed by atoms with Gasteiger partial charge in [0.2, 0.25) is 5.91 Å². The van der Waals surface area contributed by atoms with Crippen LogP contribution in [0.25, 0.3) is 10.9 Å². The zero-order valence-electron chi connectivity index (χ0n) is 12.8. The number of nitrogens with zero attached hydrogens (tertiary/aromatic N) is 1. The van der Waals surface area contributed by atoms with Gasteiger partial charge in [0, 0.05) is 24.2 Å². The van der Waals surface area contributed by atoms with Crippen LogP contribution in [0.3, 0.4) is 0 Å². The first-order chi connectivity index (χ1) is 10.9. The molecule has 3 aromatic rings. The summed E-state index contributed by atoms with van der Waals surface area (Å²) in [5, 5.41) is 3.51. The molecule has 0 aliphatic carbocycles. The van der Waals surface area contributed by atoms with E-state index in [4.69, 9.17) is 0 Å². The van der Waals surface area contributed by atoms with E-state index in [1.165, 1.54) is 23.2 Å². The Morgan fingerprint density at radius 2 is 1.83 bits per heavy atom. The van der Waals surface area contributed by atoms with Gasteiger partial charge in [0.15, 0.2) is 0 Å². The normalized spacial score (nSPS) is 11.6. The number of carbonyl (C=O) groups is 1. The standard InChI is InChI=1S/C17H16N2O3S/c1-12-7-8-15(11-16(12)18-13(2)20)23(21,22)19-10-9-14-5-3-4-6-17(14)19/h3-11H,1-2H3,(H,18,20). The number of anilines is 1. The highest BCUT2D eigenvalue weighted by Crippen LogP contribution is 2.25. The summed E-state index contributed by atoms with van der Waals surface area (Å²) in [6.07, 6.45) is 1.54. The minimum Gasteiger partial charge on any atom is -0.326 e. The molecule has 0 unspecified atom stereocenters. The monoisotopic (exact) mass is 328 g/mol. The van der Waals surface area contributed by atoms with E-state index in [0.29, 0.717) is 11.2 Å². The number of amides is 1. The first-order valence-corrected chi connectivity index (χ1v) is 8.53. The number of aromatic nitrogens is 1. The molecule has 0 saturated carbocycles. The number of hydrogen-bond donors (Lipinski definition) is 1. The summed E-state index contributed by atoms with van der Waals surface area (Å²) < 4.78 is 27.1. The van der Waals surface area contributed by atoms with Crippen molar-refractivity contribution in [2.24, 2.45) is 0 Å². The second-order valence-corrected chi connectivity index (χ2v) is 7.15. The van der Waals surface area contributed by atoms with Crippen LogP contribution in [0.2, 0.25) is 0 Å². The SMILES string of the molecule is CC(=O)Nc1cc(S(=O)(=O)n2ccc3ccccc32)ccc1C. The third-order valence-corrected chi connectivity index (χ3v) is 5.33. The molecule has 3 rings (SSSR count). The van der Waals surface area contributed by atoms with Gasteiger partial charge in [0.05, 0.1) is 10.4 Å². The van der Waals surface area contributed by atoms with Gasteiger partial charge in [-0.2, -0.15) is 0 Å². The van der Waals surface area contributed by atoms with Crippen molar-refractivity contribution in [3.63, 3.8) is 0 Å². The van der Waals surface area contributed by atoms with Crippen molar-refractivity contribution in [1.29, 1.82) is 0 Å². The molecule has 6 heteroatoms. The van der Waals surface area contributed by atoms with Crippen LogP contribution >= 0.6 is 0 Å². The molecule has 0 atom stereocenters. The fraction of sp³-hybridized carbons (Fsp3) is 0.118. The lowest BCUT2D eigenvalue weighted by atomic mass is 10.2. The number of fused-ring (bicyclic) bond motifs is 1. The summed E-state index contributed by atoms with van der Waals surface area (Å²) in [5.74, 6) is -0.242. The highest BCUT2D eigenvalue weighted by atomic mass is 32.2. The highest BCUT2D eigenvalue weighted by molar-refractivity contribution is 7.90. The quantitative estimate of drug-likeness (QED) is 0.803. The van der Waals surface area contributed by atoms with Gasteiger partial charge < -0.3 is 5.32 Å². The molecule has 0 saturated heterocycles. The molecule has 0 aliphatic rings. The fourth-order valence-electron chi connectivity index (χ4n) is 2.47. The van der Waals surface area contributed by atoms with E-state index in [1.54, 1.807) is 30.3 Å².